The van der Waals surface area contributed by atoms with Crippen molar-refractivity contribution in [2.75, 3.05) is 13.2 Å². The van der Waals surface area contributed by atoms with Crippen LogP contribution in [0, 0.1) is 5.41 Å². The highest BCUT2D eigenvalue weighted by molar-refractivity contribution is 5.91. The van der Waals surface area contributed by atoms with Gasteiger partial charge in [0.15, 0.2) is 5.96 Å². The summed E-state index contributed by atoms with van der Waals surface area (Å²) in [6, 6.07) is 5.57. The second-order valence-corrected chi connectivity index (χ2v) is 6.42. The molecule has 3 unspecified atom stereocenters. The molecule has 0 heterocycles. The molecule has 10 N–H and O–H groups in total. The Balaban J connectivity index is 2.58. The first-order valence-corrected chi connectivity index (χ1v) is 9.06. The van der Waals surface area contributed by atoms with E-state index < -0.39 is 42.5 Å². The van der Waals surface area contributed by atoms with E-state index >= 15 is 0 Å². The molecule has 0 spiro atoms. The smallest absolute Gasteiger partial charge is 0.326 e. The summed E-state index contributed by atoms with van der Waals surface area (Å²) in [7, 11) is 0. The van der Waals surface area contributed by atoms with E-state index in [1.807, 2.05) is 30.3 Å². The topological polar surface area (TPSA) is 204 Å². The van der Waals surface area contributed by atoms with Gasteiger partial charge in [-0.2, -0.15) is 0 Å². The molecule has 0 bridgehead atoms. The third-order valence-corrected chi connectivity index (χ3v) is 4.05. The van der Waals surface area contributed by atoms with Gasteiger partial charge in [-0.3, -0.25) is 15.0 Å². The Bertz CT molecular complexity index is 699. The highest BCUT2D eigenvalue weighted by atomic mass is 16.4. The van der Waals surface area contributed by atoms with Crippen LogP contribution in [0.25, 0.3) is 0 Å². The van der Waals surface area contributed by atoms with Crippen molar-refractivity contribution in [1.82, 2.24) is 16.0 Å². The van der Waals surface area contributed by atoms with E-state index in [-0.39, 0.29) is 25.3 Å². The number of aliphatic carboxylic acids is 1. The zero-order valence-corrected chi connectivity index (χ0v) is 15.9. The molecule has 0 aliphatic carbocycles. The number of rotatable bonds is 12. The lowest BCUT2D eigenvalue weighted by molar-refractivity contribution is -0.142. The van der Waals surface area contributed by atoms with E-state index in [2.05, 4.69) is 16.0 Å². The van der Waals surface area contributed by atoms with Crippen LogP contribution in [0.3, 0.4) is 0 Å². The standard InChI is InChI=1S/C18H28N6O5/c19-12(9-11-5-2-1-3-6-11)15(26)24-14(10-25)16(27)23-13(17(28)29)7-4-8-22-18(20)21/h1-3,5-6,12-14,25H,4,7-10,19H2,(H,23,27)(H,24,26)(H,28,29)(H4,20,21,22). The minimum absolute atomic E-state index is 0.0704. The fraction of sp³-hybridized carbons (Fsp3) is 0.444. The fourth-order valence-electron chi connectivity index (χ4n) is 2.49. The van der Waals surface area contributed by atoms with E-state index in [0.29, 0.717) is 6.42 Å². The number of benzene rings is 1. The minimum atomic E-state index is -1.33. The second-order valence-electron chi connectivity index (χ2n) is 6.42. The van der Waals surface area contributed by atoms with Crippen LogP contribution in [-0.2, 0) is 20.8 Å². The molecule has 11 nitrogen and oxygen atoms in total. The van der Waals surface area contributed by atoms with Gasteiger partial charge in [0, 0.05) is 6.54 Å². The van der Waals surface area contributed by atoms with Gasteiger partial charge in [0.1, 0.15) is 12.1 Å². The number of nitrogens with one attached hydrogen (secondary N) is 4. The summed E-state index contributed by atoms with van der Waals surface area (Å²) < 4.78 is 0. The van der Waals surface area contributed by atoms with Crippen molar-refractivity contribution < 1.29 is 24.6 Å². The van der Waals surface area contributed by atoms with Crippen LogP contribution >= 0.6 is 0 Å². The third kappa shape index (κ3) is 9.04. The number of hydrogen-bond acceptors (Lipinski definition) is 6. The van der Waals surface area contributed by atoms with Gasteiger partial charge in [-0.1, -0.05) is 30.3 Å². The highest BCUT2D eigenvalue weighted by Gasteiger charge is 2.27. The maximum atomic E-state index is 12.3. The van der Waals surface area contributed by atoms with Crippen LogP contribution < -0.4 is 27.4 Å². The molecule has 0 aliphatic rings. The average Bonchev–Trinajstić information content (AvgIpc) is 2.68. The number of hydrogen-bond donors (Lipinski definition) is 8. The predicted octanol–water partition coefficient (Wildman–Crippen LogP) is -2.13. The molecule has 0 aromatic heterocycles. The van der Waals surface area contributed by atoms with Crippen molar-refractivity contribution in [3.63, 3.8) is 0 Å². The molecular formula is C18H28N6O5. The molecule has 2 amide bonds. The molecular weight excluding hydrogens is 380 g/mol. The number of amides is 2. The molecule has 1 aromatic rings. The van der Waals surface area contributed by atoms with E-state index in [1.165, 1.54) is 0 Å². The first-order valence-electron chi connectivity index (χ1n) is 9.06. The van der Waals surface area contributed by atoms with E-state index in [0.717, 1.165) is 5.56 Å². The fourth-order valence-corrected chi connectivity index (χ4v) is 2.49. The zero-order valence-electron chi connectivity index (χ0n) is 15.9. The number of aliphatic hydroxyl groups is 1. The lowest BCUT2D eigenvalue weighted by Crippen LogP contribution is -2.56. The van der Waals surface area contributed by atoms with Crippen molar-refractivity contribution in [2.45, 2.75) is 37.4 Å². The Morgan fingerprint density at radius 2 is 1.69 bits per heavy atom. The van der Waals surface area contributed by atoms with Gasteiger partial charge in [0.25, 0.3) is 0 Å². The lowest BCUT2D eigenvalue weighted by Gasteiger charge is -2.21. The third-order valence-electron chi connectivity index (χ3n) is 4.05. The number of carbonyl (C=O) groups is 3. The number of guanidine groups is 1. The maximum Gasteiger partial charge on any atom is 0.326 e. The number of carboxylic acids is 1. The van der Waals surface area contributed by atoms with Crippen LogP contribution in [0.4, 0.5) is 0 Å². The molecule has 0 fully saturated rings. The zero-order chi connectivity index (χ0) is 21.8. The molecule has 0 saturated carbocycles. The summed E-state index contributed by atoms with van der Waals surface area (Å²) in [6.45, 7) is -0.447. The molecule has 0 aliphatic heterocycles. The van der Waals surface area contributed by atoms with E-state index in [4.69, 9.17) is 16.9 Å². The number of aliphatic hydroxyl groups excluding tert-OH is 1. The maximum absolute atomic E-state index is 12.3. The van der Waals surface area contributed by atoms with E-state index in [9.17, 15) is 24.6 Å². The first-order chi connectivity index (χ1) is 13.7. The van der Waals surface area contributed by atoms with Crippen molar-refractivity contribution >= 4 is 23.7 Å². The van der Waals surface area contributed by atoms with Gasteiger partial charge in [-0.15, -0.1) is 0 Å². The predicted molar refractivity (Wildman–Crippen MR) is 106 cm³/mol. The molecule has 160 valence electrons. The van der Waals surface area contributed by atoms with Gasteiger partial charge >= 0.3 is 5.97 Å². The van der Waals surface area contributed by atoms with Crippen molar-refractivity contribution in [2.24, 2.45) is 11.5 Å². The van der Waals surface area contributed by atoms with Crippen molar-refractivity contribution in [1.29, 1.82) is 5.41 Å². The van der Waals surface area contributed by atoms with Crippen LogP contribution in [0.15, 0.2) is 30.3 Å². The molecule has 11 heteroatoms. The van der Waals surface area contributed by atoms with Gasteiger partial charge in [-0.05, 0) is 24.8 Å². The SMILES string of the molecule is N=C(N)NCCCC(NC(=O)C(CO)NC(=O)C(N)Cc1ccccc1)C(=O)O. The molecule has 1 rings (SSSR count). The highest BCUT2D eigenvalue weighted by Crippen LogP contribution is 2.03. The molecule has 0 radical (unpaired) electrons. The summed E-state index contributed by atoms with van der Waals surface area (Å²) in [5, 5.41) is 32.9. The summed E-state index contributed by atoms with van der Waals surface area (Å²) >= 11 is 0. The number of nitrogens with two attached hydrogens (primary N) is 2. The quantitative estimate of drug-likeness (QED) is 0.109. The summed E-state index contributed by atoms with van der Waals surface area (Å²) in [4.78, 5) is 35.9. The molecule has 0 saturated heterocycles. The second kappa shape index (κ2) is 12.3. The van der Waals surface area contributed by atoms with Crippen LogP contribution in [0.5, 0.6) is 0 Å². The minimum Gasteiger partial charge on any atom is -0.480 e. The van der Waals surface area contributed by atoms with Crippen molar-refractivity contribution in [3.8, 4) is 0 Å². The Labute approximate surface area is 168 Å². The average molecular weight is 408 g/mol. The van der Waals surface area contributed by atoms with Gasteiger partial charge in [0.2, 0.25) is 11.8 Å². The van der Waals surface area contributed by atoms with Crippen LogP contribution in [-0.4, -0.2) is 65.2 Å². The summed E-state index contributed by atoms with van der Waals surface area (Å²) in [5.74, 6) is -2.97. The Morgan fingerprint density at radius 3 is 2.24 bits per heavy atom. The molecule has 3 atom stereocenters. The monoisotopic (exact) mass is 408 g/mol. The van der Waals surface area contributed by atoms with Gasteiger partial charge < -0.3 is 37.6 Å². The lowest BCUT2D eigenvalue weighted by atomic mass is 10.1. The summed E-state index contributed by atoms with van der Waals surface area (Å²) in [6.07, 6.45) is 0.642. The largest absolute Gasteiger partial charge is 0.480 e. The number of carbonyl (C=O) groups excluding carboxylic acids is 2. The Kier molecular flexibility index (Phi) is 10.1. The van der Waals surface area contributed by atoms with Crippen molar-refractivity contribution in [3.05, 3.63) is 35.9 Å². The van der Waals surface area contributed by atoms with E-state index in [1.54, 1.807) is 0 Å². The van der Waals surface area contributed by atoms with Gasteiger partial charge in [-0.25, -0.2) is 4.79 Å². The Hall–Kier alpha value is -3.18. The molecule has 29 heavy (non-hydrogen) atoms. The summed E-state index contributed by atoms with van der Waals surface area (Å²) in [5.41, 5.74) is 11.8. The normalized spacial score (nSPS) is 13.6. The van der Waals surface area contributed by atoms with Crippen LogP contribution in [0.1, 0.15) is 18.4 Å². The van der Waals surface area contributed by atoms with Gasteiger partial charge in [0.05, 0.1) is 12.6 Å². The molecule has 1 aromatic carbocycles. The Morgan fingerprint density at radius 1 is 1.07 bits per heavy atom. The van der Waals surface area contributed by atoms with Crippen LogP contribution in [0.2, 0.25) is 0 Å². The first kappa shape index (κ1) is 23.9. The number of carboxylic acid groups (broad SMARTS) is 1.